The minimum Gasteiger partial charge on any atom is -0.394 e. The maximum Gasteiger partial charge on any atom is 0.274 e. The number of carbonyl (C=O) groups is 1. The molecule has 1 aromatic heterocycles. The first-order valence-corrected chi connectivity index (χ1v) is 5.49. The second-order valence-corrected chi connectivity index (χ2v) is 4.09. The second kappa shape index (κ2) is 4.76. The highest BCUT2D eigenvalue weighted by molar-refractivity contribution is 6.29. The molecular formula is C10H12ClN3O2. The lowest BCUT2D eigenvalue weighted by molar-refractivity contribution is 0.0671. The van der Waals surface area contributed by atoms with Crippen LogP contribution in [0.25, 0.3) is 0 Å². The summed E-state index contributed by atoms with van der Waals surface area (Å²) in [5, 5.41) is 9.39. The van der Waals surface area contributed by atoms with Gasteiger partial charge in [-0.25, -0.2) is 9.97 Å². The molecule has 0 bridgehead atoms. The Balaban J connectivity index is 2.15. The van der Waals surface area contributed by atoms with E-state index in [1.54, 1.807) is 4.90 Å². The number of aliphatic hydroxyl groups excluding tert-OH is 1. The number of aromatic nitrogens is 2. The Bertz CT molecular complexity index is 382. The van der Waals surface area contributed by atoms with E-state index in [-0.39, 0.29) is 29.4 Å². The number of likely N-dealkylation sites (tertiary alicyclic amines) is 1. The van der Waals surface area contributed by atoms with Gasteiger partial charge in [0.05, 0.1) is 25.0 Å². The van der Waals surface area contributed by atoms with E-state index in [2.05, 4.69) is 9.97 Å². The van der Waals surface area contributed by atoms with Gasteiger partial charge >= 0.3 is 0 Å². The van der Waals surface area contributed by atoms with Gasteiger partial charge in [0.1, 0.15) is 10.8 Å². The third kappa shape index (κ3) is 2.15. The zero-order valence-electron chi connectivity index (χ0n) is 8.64. The molecule has 1 atom stereocenters. The molecule has 0 unspecified atom stereocenters. The molecule has 1 aromatic rings. The molecule has 2 heterocycles. The molecule has 0 aliphatic carbocycles. The SMILES string of the molecule is O=C(c1cnc(Cl)cn1)N1CCC[C@H]1CO. The number of hydrogen-bond donors (Lipinski definition) is 1. The minimum atomic E-state index is -0.194. The van der Waals surface area contributed by atoms with Crippen LogP contribution in [-0.2, 0) is 0 Å². The Hall–Kier alpha value is -1.20. The van der Waals surface area contributed by atoms with Crippen LogP contribution in [0.1, 0.15) is 23.3 Å². The first-order chi connectivity index (χ1) is 7.72. The van der Waals surface area contributed by atoms with Gasteiger partial charge in [-0.15, -0.1) is 0 Å². The number of hydrogen-bond acceptors (Lipinski definition) is 4. The Kier molecular flexibility index (Phi) is 3.36. The molecule has 0 aromatic carbocycles. The third-order valence-corrected chi connectivity index (χ3v) is 2.88. The summed E-state index contributed by atoms with van der Waals surface area (Å²) in [5.74, 6) is -0.194. The summed E-state index contributed by atoms with van der Waals surface area (Å²) in [4.78, 5) is 21.4. The van der Waals surface area contributed by atoms with E-state index in [0.717, 1.165) is 12.8 Å². The Morgan fingerprint density at radius 1 is 1.56 bits per heavy atom. The molecule has 1 amide bonds. The summed E-state index contributed by atoms with van der Waals surface area (Å²) in [7, 11) is 0. The lowest BCUT2D eigenvalue weighted by Crippen LogP contribution is -2.38. The summed E-state index contributed by atoms with van der Waals surface area (Å²) in [6.45, 7) is 0.654. The molecule has 1 N–H and O–H groups in total. The van der Waals surface area contributed by atoms with Crippen molar-refractivity contribution >= 4 is 17.5 Å². The lowest BCUT2D eigenvalue weighted by Gasteiger charge is -2.22. The van der Waals surface area contributed by atoms with Crippen LogP contribution in [-0.4, -0.2) is 45.1 Å². The fraction of sp³-hybridized carbons (Fsp3) is 0.500. The van der Waals surface area contributed by atoms with E-state index >= 15 is 0 Å². The van der Waals surface area contributed by atoms with Crippen molar-refractivity contribution < 1.29 is 9.90 Å². The summed E-state index contributed by atoms with van der Waals surface area (Å²) in [6, 6.07) is -0.0926. The minimum absolute atomic E-state index is 0.00718. The number of carbonyl (C=O) groups excluding carboxylic acids is 1. The number of halogens is 1. The summed E-state index contributed by atoms with van der Waals surface area (Å²) in [5.41, 5.74) is 0.268. The van der Waals surface area contributed by atoms with Crippen LogP contribution in [0.4, 0.5) is 0 Å². The van der Waals surface area contributed by atoms with Gasteiger partial charge in [0, 0.05) is 6.54 Å². The van der Waals surface area contributed by atoms with Crippen molar-refractivity contribution in [2.45, 2.75) is 18.9 Å². The molecule has 0 radical (unpaired) electrons. The first kappa shape index (κ1) is 11.3. The highest BCUT2D eigenvalue weighted by Crippen LogP contribution is 2.18. The van der Waals surface area contributed by atoms with Gasteiger partial charge in [-0.1, -0.05) is 11.6 Å². The quantitative estimate of drug-likeness (QED) is 0.829. The van der Waals surface area contributed by atoms with E-state index in [9.17, 15) is 4.79 Å². The maximum atomic E-state index is 12.0. The van der Waals surface area contributed by atoms with Crippen LogP contribution in [0.3, 0.4) is 0 Å². The maximum absolute atomic E-state index is 12.0. The summed E-state index contributed by atoms with van der Waals surface area (Å²) in [6.07, 6.45) is 4.46. The van der Waals surface area contributed by atoms with Crippen LogP contribution < -0.4 is 0 Å². The fourth-order valence-electron chi connectivity index (χ4n) is 1.86. The molecule has 6 heteroatoms. The number of aliphatic hydroxyl groups is 1. The third-order valence-electron chi connectivity index (χ3n) is 2.69. The van der Waals surface area contributed by atoms with Crippen molar-refractivity contribution in [1.29, 1.82) is 0 Å². The van der Waals surface area contributed by atoms with E-state index in [1.165, 1.54) is 12.4 Å². The molecule has 5 nitrogen and oxygen atoms in total. The van der Waals surface area contributed by atoms with Crippen molar-refractivity contribution in [1.82, 2.24) is 14.9 Å². The van der Waals surface area contributed by atoms with Crippen LogP contribution >= 0.6 is 11.6 Å². The molecule has 1 fully saturated rings. The van der Waals surface area contributed by atoms with Crippen LogP contribution in [0.2, 0.25) is 5.15 Å². The molecule has 86 valence electrons. The average molecular weight is 242 g/mol. The van der Waals surface area contributed by atoms with Crippen molar-refractivity contribution in [3.63, 3.8) is 0 Å². The van der Waals surface area contributed by atoms with Crippen LogP contribution in [0.5, 0.6) is 0 Å². The topological polar surface area (TPSA) is 66.3 Å². The van der Waals surface area contributed by atoms with Crippen molar-refractivity contribution in [2.24, 2.45) is 0 Å². The van der Waals surface area contributed by atoms with Crippen LogP contribution in [0.15, 0.2) is 12.4 Å². The van der Waals surface area contributed by atoms with Crippen molar-refractivity contribution in [3.8, 4) is 0 Å². The molecule has 1 saturated heterocycles. The summed E-state index contributed by atoms with van der Waals surface area (Å²) < 4.78 is 0. The smallest absolute Gasteiger partial charge is 0.274 e. The number of nitrogens with zero attached hydrogens (tertiary/aromatic N) is 3. The Morgan fingerprint density at radius 2 is 2.38 bits per heavy atom. The predicted octanol–water partition coefficient (Wildman–Crippen LogP) is 0.727. The second-order valence-electron chi connectivity index (χ2n) is 3.70. The molecule has 1 aliphatic rings. The molecular weight excluding hydrogens is 230 g/mol. The van der Waals surface area contributed by atoms with E-state index in [0.29, 0.717) is 6.54 Å². The normalized spacial score (nSPS) is 20.1. The highest BCUT2D eigenvalue weighted by Gasteiger charge is 2.29. The van der Waals surface area contributed by atoms with E-state index in [1.807, 2.05) is 0 Å². The number of amides is 1. The van der Waals surface area contributed by atoms with Gasteiger partial charge in [-0.2, -0.15) is 0 Å². The Morgan fingerprint density at radius 3 is 3.00 bits per heavy atom. The van der Waals surface area contributed by atoms with E-state index in [4.69, 9.17) is 16.7 Å². The Labute approximate surface area is 98.1 Å². The van der Waals surface area contributed by atoms with Gasteiger partial charge in [-0.05, 0) is 12.8 Å². The lowest BCUT2D eigenvalue weighted by atomic mass is 10.2. The van der Waals surface area contributed by atoms with Crippen LogP contribution in [0, 0.1) is 0 Å². The van der Waals surface area contributed by atoms with E-state index < -0.39 is 0 Å². The summed E-state index contributed by atoms with van der Waals surface area (Å²) >= 11 is 5.59. The largest absolute Gasteiger partial charge is 0.394 e. The standard InChI is InChI=1S/C10H12ClN3O2/c11-9-5-12-8(4-13-9)10(16)14-3-1-2-7(14)6-15/h4-5,7,15H,1-3,6H2/t7-/m0/s1. The molecule has 0 spiro atoms. The van der Waals surface area contributed by atoms with Crippen molar-refractivity contribution in [3.05, 3.63) is 23.2 Å². The number of rotatable bonds is 2. The zero-order chi connectivity index (χ0) is 11.5. The zero-order valence-corrected chi connectivity index (χ0v) is 9.39. The van der Waals surface area contributed by atoms with Gasteiger partial charge < -0.3 is 10.0 Å². The van der Waals surface area contributed by atoms with Gasteiger partial charge in [0.2, 0.25) is 0 Å². The molecule has 0 saturated carbocycles. The molecule has 2 rings (SSSR count). The fourth-order valence-corrected chi connectivity index (χ4v) is 1.96. The predicted molar refractivity (Wildman–Crippen MR) is 58.2 cm³/mol. The highest BCUT2D eigenvalue weighted by atomic mass is 35.5. The molecule has 1 aliphatic heterocycles. The monoisotopic (exact) mass is 241 g/mol. The van der Waals surface area contributed by atoms with Gasteiger partial charge in [-0.3, -0.25) is 4.79 Å². The van der Waals surface area contributed by atoms with Gasteiger partial charge in [0.25, 0.3) is 5.91 Å². The van der Waals surface area contributed by atoms with Crippen molar-refractivity contribution in [2.75, 3.05) is 13.2 Å². The average Bonchev–Trinajstić information content (AvgIpc) is 2.77. The molecule has 16 heavy (non-hydrogen) atoms. The first-order valence-electron chi connectivity index (χ1n) is 5.11. The van der Waals surface area contributed by atoms with Gasteiger partial charge in [0.15, 0.2) is 0 Å².